The molecule has 1 aromatic carbocycles. The Hall–Kier alpha value is -2.29. The van der Waals surface area contributed by atoms with Gasteiger partial charge in [-0.25, -0.2) is 0 Å². The molecule has 0 spiro atoms. The summed E-state index contributed by atoms with van der Waals surface area (Å²) in [5.41, 5.74) is 1.75. The van der Waals surface area contributed by atoms with E-state index < -0.39 is 0 Å². The molecule has 2 aromatic rings. The van der Waals surface area contributed by atoms with Crippen LogP contribution >= 0.6 is 0 Å². The van der Waals surface area contributed by atoms with Crippen molar-refractivity contribution in [3.05, 3.63) is 59.6 Å². The Labute approximate surface area is 124 Å². The highest BCUT2D eigenvalue weighted by Crippen LogP contribution is 2.37. The standard InChI is InChI=1S/C18H18O3/c1-20-17-9-3-2-6-13(17)12-15-14(7-4-8-16(15)19)18-10-5-11-21-18/h2-3,5-6,9-12,14H,4,7-8H2,1H3. The Balaban J connectivity index is 2.03. The average molecular weight is 282 g/mol. The van der Waals surface area contributed by atoms with Gasteiger partial charge in [-0.15, -0.1) is 0 Å². The van der Waals surface area contributed by atoms with E-state index >= 15 is 0 Å². The number of para-hydroxylation sites is 1. The number of methoxy groups -OCH3 is 1. The molecule has 0 radical (unpaired) electrons. The molecule has 0 amide bonds. The van der Waals surface area contributed by atoms with Gasteiger partial charge < -0.3 is 9.15 Å². The fraction of sp³-hybridized carbons (Fsp3) is 0.278. The lowest BCUT2D eigenvalue weighted by Gasteiger charge is -2.23. The number of allylic oxidation sites excluding steroid dienone is 1. The van der Waals surface area contributed by atoms with Gasteiger partial charge in [-0.2, -0.15) is 0 Å². The van der Waals surface area contributed by atoms with Gasteiger partial charge in [-0.1, -0.05) is 18.2 Å². The highest BCUT2D eigenvalue weighted by molar-refractivity contribution is 6.01. The largest absolute Gasteiger partial charge is 0.496 e. The van der Waals surface area contributed by atoms with Crippen molar-refractivity contribution < 1.29 is 13.9 Å². The Morgan fingerprint density at radius 2 is 2.10 bits per heavy atom. The van der Waals surface area contributed by atoms with Crippen LogP contribution in [0.25, 0.3) is 6.08 Å². The molecule has 3 heteroatoms. The van der Waals surface area contributed by atoms with E-state index in [0.29, 0.717) is 6.42 Å². The maximum absolute atomic E-state index is 12.4. The van der Waals surface area contributed by atoms with E-state index in [2.05, 4.69) is 0 Å². The third-order valence-electron chi connectivity index (χ3n) is 3.93. The normalized spacial score (nSPS) is 20.7. The minimum absolute atomic E-state index is 0.0474. The Morgan fingerprint density at radius 1 is 1.24 bits per heavy atom. The number of rotatable bonds is 3. The second-order valence-corrected chi connectivity index (χ2v) is 5.23. The first-order valence-electron chi connectivity index (χ1n) is 7.21. The number of hydrogen-bond donors (Lipinski definition) is 0. The molecular formula is C18H18O3. The van der Waals surface area contributed by atoms with Crippen LogP contribution in [-0.2, 0) is 4.79 Å². The first-order chi connectivity index (χ1) is 10.3. The molecule has 1 aliphatic rings. The third kappa shape index (κ3) is 2.77. The smallest absolute Gasteiger partial charge is 0.159 e. The molecule has 1 aromatic heterocycles. The van der Waals surface area contributed by atoms with Crippen LogP contribution in [0.15, 0.2) is 52.7 Å². The van der Waals surface area contributed by atoms with Crippen LogP contribution in [-0.4, -0.2) is 12.9 Å². The van der Waals surface area contributed by atoms with Crippen molar-refractivity contribution in [3.8, 4) is 5.75 Å². The monoisotopic (exact) mass is 282 g/mol. The number of hydrogen-bond acceptors (Lipinski definition) is 3. The summed E-state index contributed by atoms with van der Waals surface area (Å²) in [4.78, 5) is 12.4. The van der Waals surface area contributed by atoms with Crippen molar-refractivity contribution in [2.24, 2.45) is 0 Å². The molecule has 1 unspecified atom stereocenters. The molecule has 1 fully saturated rings. The van der Waals surface area contributed by atoms with Gasteiger partial charge in [-0.3, -0.25) is 4.79 Å². The summed E-state index contributed by atoms with van der Waals surface area (Å²) in [6.07, 6.45) is 6.08. The quantitative estimate of drug-likeness (QED) is 0.792. The first kappa shape index (κ1) is 13.7. The molecule has 0 bridgehead atoms. The molecule has 1 heterocycles. The molecule has 3 rings (SSSR count). The Kier molecular flexibility index (Phi) is 3.91. The van der Waals surface area contributed by atoms with Gasteiger partial charge in [0.05, 0.1) is 13.4 Å². The number of ketones is 1. The summed E-state index contributed by atoms with van der Waals surface area (Å²) in [7, 11) is 1.64. The molecule has 0 aliphatic heterocycles. The summed E-state index contributed by atoms with van der Waals surface area (Å²) in [6.45, 7) is 0. The predicted octanol–water partition coefficient (Wildman–Crippen LogP) is 4.21. The summed E-state index contributed by atoms with van der Waals surface area (Å²) < 4.78 is 10.9. The van der Waals surface area contributed by atoms with Crippen LogP contribution in [0.3, 0.4) is 0 Å². The van der Waals surface area contributed by atoms with Crippen LogP contribution in [0, 0.1) is 0 Å². The van der Waals surface area contributed by atoms with Crippen LogP contribution in [0.2, 0.25) is 0 Å². The van der Waals surface area contributed by atoms with Gasteiger partial charge in [0.2, 0.25) is 0 Å². The van der Waals surface area contributed by atoms with Crippen LogP contribution in [0.5, 0.6) is 5.75 Å². The highest BCUT2D eigenvalue weighted by atomic mass is 16.5. The van der Waals surface area contributed by atoms with E-state index in [1.165, 1.54) is 0 Å². The Morgan fingerprint density at radius 3 is 2.86 bits per heavy atom. The lowest BCUT2D eigenvalue weighted by atomic mass is 9.81. The van der Waals surface area contributed by atoms with Crippen LogP contribution < -0.4 is 4.74 Å². The molecule has 0 saturated heterocycles. The van der Waals surface area contributed by atoms with E-state index in [0.717, 1.165) is 35.5 Å². The van der Waals surface area contributed by atoms with Crippen molar-refractivity contribution in [1.82, 2.24) is 0 Å². The van der Waals surface area contributed by atoms with Crippen molar-refractivity contribution in [2.75, 3.05) is 7.11 Å². The van der Waals surface area contributed by atoms with Crippen molar-refractivity contribution in [3.63, 3.8) is 0 Å². The van der Waals surface area contributed by atoms with Gasteiger partial charge >= 0.3 is 0 Å². The zero-order chi connectivity index (χ0) is 14.7. The van der Waals surface area contributed by atoms with E-state index in [1.54, 1.807) is 13.4 Å². The highest BCUT2D eigenvalue weighted by Gasteiger charge is 2.28. The average Bonchev–Trinajstić information content (AvgIpc) is 3.04. The van der Waals surface area contributed by atoms with E-state index in [1.807, 2.05) is 42.5 Å². The topological polar surface area (TPSA) is 39.4 Å². The lowest BCUT2D eigenvalue weighted by Crippen LogP contribution is -2.17. The number of carbonyl (C=O) groups excluding carboxylic acids is 1. The molecule has 1 aliphatic carbocycles. The van der Waals surface area contributed by atoms with Crippen molar-refractivity contribution in [2.45, 2.75) is 25.2 Å². The molecular weight excluding hydrogens is 264 g/mol. The van der Waals surface area contributed by atoms with Gasteiger partial charge in [-0.05, 0) is 37.1 Å². The van der Waals surface area contributed by atoms with Crippen LogP contribution in [0.4, 0.5) is 0 Å². The molecule has 1 atom stereocenters. The fourth-order valence-electron chi connectivity index (χ4n) is 2.88. The number of furan rings is 1. The fourth-order valence-corrected chi connectivity index (χ4v) is 2.88. The number of ether oxygens (including phenoxy) is 1. The second kappa shape index (κ2) is 6.00. The SMILES string of the molecule is COc1ccccc1C=C1C(=O)CCCC1c1ccco1. The first-order valence-corrected chi connectivity index (χ1v) is 7.21. The van der Waals surface area contributed by atoms with Crippen molar-refractivity contribution >= 4 is 11.9 Å². The predicted molar refractivity (Wildman–Crippen MR) is 81.3 cm³/mol. The van der Waals surface area contributed by atoms with Gasteiger partial charge in [0, 0.05) is 23.5 Å². The summed E-state index contributed by atoms with van der Waals surface area (Å²) in [6, 6.07) is 11.6. The number of benzene rings is 1. The Bertz CT molecular complexity index is 653. The van der Waals surface area contributed by atoms with Crippen LogP contribution in [0.1, 0.15) is 36.5 Å². The minimum atomic E-state index is 0.0474. The van der Waals surface area contributed by atoms with Gasteiger partial charge in [0.15, 0.2) is 5.78 Å². The summed E-state index contributed by atoms with van der Waals surface area (Å²) >= 11 is 0. The zero-order valence-corrected chi connectivity index (χ0v) is 12.0. The van der Waals surface area contributed by atoms with Gasteiger partial charge in [0.25, 0.3) is 0 Å². The summed E-state index contributed by atoms with van der Waals surface area (Å²) in [5, 5.41) is 0. The molecule has 0 N–H and O–H groups in total. The molecule has 108 valence electrons. The summed E-state index contributed by atoms with van der Waals surface area (Å²) in [5.74, 6) is 1.89. The number of Topliss-reactive ketones (excluding diaryl/α,β-unsaturated/α-hetero) is 1. The van der Waals surface area contributed by atoms with Gasteiger partial charge in [0.1, 0.15) is 11.5 Å². The zero-order valence-electron chi connectivity index (χ0n) is 12.0. The van der Waals surface area contributed by atoms with E-state index in [-0.39, 0.29) is 11.7 Å². The third-order valence-corrected chi connectivity index (χ3v) is 3.93. The lowest BCUT2D eigenvalue weighted by molar-refractivity contribution is -0.116. The van der Waals surface area contributed by atoms with Crippen molar-refractivity contribution in [1.29, 1.82) is 0 Å². The molecule has 1 saturated carbocycles. The maximum Gasteiger partial charge on any atom is 0.159 e. The van der Waals surface area contributed by atoms with E-state index in [9.17, 15) is 4.79 Å². The minimum Gasteiger partial charge on any atom is -0.496 e. The molecule has 3 nitrogen and oxygen atoms in total. The van der Waals surface area contributed by atoms with E-state index in [4.69, 9.17) is 9.15 Å². The second-order valence-electron chi connectivity index (χ2n) is 5.23. The molecule has 21 heavy (non-hydrogen) atoms. The number of carbonyl (C=O) groups is 1. The maximum atomic E-state index is 12.4.